The number of nitro benzene ring substituents is 1. The van der Waals surface area contributed by atoms with Gasteiger partial charge in [0.1, 0.15) is 12.0 Å². The van der Waals surface area contributed by atoms with Crippen molar-refractivity contribution >= 4 is 29.5 Å². The van der Waals surface area contributed by atoms with Crippen molar-refractivity contribution in [1.29, 1.82) is 0 Å². The van der Waals surface area contributed by atoms with Gasteiger partial charge in [-0.1, -0.05) is 6.07 Å². The number of hydrogen-bond acceptors (Lipinski definition) is 6. The number of carboxylic acid groups (broad SMARTS) is 1. The van der Waals surface area contributed by atoms with Crippen molar-refractivity contribution in [3.8, 4) is 0 Å². The maximum atomic E-state index is 11.3. The topological polar surface area (TPSA) is 120 Å². The normalized spacial score (nSPS) is 21.0. The molecule has 0 aliphatic carbocycles. The van der Waals surface area contributed by atoms with E-state index in [1.807, 2.05) is 0 Å². The summed E-state index contributed by atoms with van der Waals surface area (Å²) in [6.07, 6.45) is 1.42. The molecule has 0 bridgehead atoms. The molecule has 0 radical (unpaired) electrons. The van der Waals surface area contributed by atoms with Gasteiger partial charge < -0.3 is 5.11 Å². The summed E-state index contributed by atoms with van der Waals surface area (Å²) in [5.74, 6) is -1.23. The zero-order valence-electron chi connectivity index (χ0n) is 13.1. The maximum Gasteiger partial charge on any atom is 0.312 e. The Morgan fingerprint density at radius 1 is 1.50 bits per heavy atom. The molecule has 0 saturated heterocycles. The highest BCUT2D eigenvalue weighted by Gasteiger charge is 2.37. The molecule has 124 valence electrons. The number of nitrogens with zero attached hydrogens (tertiary/aromatic N) is 4. The van der Waals surface area contributed by atoms with Crippen LogP contribution in [0.2, 0.25) is 0 Å². The van der Waals surface area contributed by atoms with E-state index in [1.165, 1.54) is 18.5 Å². The third-order valence-corrected chi connectivity index (χ3v) is 4.07. The highest BCUT2D eigenvalue weighted by molar-refractivity contribution is 6.06. The summed E-state index contributed by atoms with van der Waals surface area (Å²) in [6, 6.07) is 4.41. The molecule has 24 heavy (non-hydrogen) atoms. The Balaban J connectivity index is 2.08. The molecule has 9 heteroatoms. The molecule has 1 atom stereocenters. The number of rotatable bonds is 3. The van der Waals surface area contributed by atoms with Crippen molar-refractivity contribution in [3.63, 3.8) is 0 Å². The van der Waals surface area contributed by atoms with E-state index in [0.717, 1.165) is 5.56 Å². The molecule has 3 rings (SSSR count). The molecule has 1 unspecified atom stereocenters. The fraction of sp³-hybridized carbons (Fsp3) is 0.267. The lowest BCUT2D eigenvalue weighted by Gasteiger charge is -2.25. The molecule has 1 aromatic carbocycles. The van der Waals surface area contributed by atoms with Gasteiger partial charge in [0, 0.05) is 12.1 Å². The number of amidine groups is 1. The van der Waals surface area contributed by atoms with E-state index in [-0.39, 0.29) is 12.2 Å². The molecule has 0 fully saturated rings. The first-order valence-corrected chi connectivity index (χ1v) is 7.22. The highest BCUT2D eigenvalue weighted by Crippen LogP contribution is 2.32. The second-order valence-corrected chi connectivity index (χ2v) is 5.58. The molecule has 0 aromatic heterocycles. The first-order chi connectivity index (χ1) is 11.4. The van der Waals surface area contributed by atoms with Crippen LogP contribution in [0.25, 0.3) is 0 Å². The zero-order chi connectivity index (χ0) is 17.4. The van der Waals surface area contributed by atoms with E-state index in [2.05, 4.69) is 15.4 Å². The number of hydrogen-bond donors (Lipinski definition) is 2. The number of carboxylic acids is 1. The fourth-order valence-electron chi connectivity index (χ4n) is 2.71. The van der Waals surface area contributed by atoms with Gasteiger partial charge in [-0.25, -0.2) is 9.98 Å². The fourth-order valence-corrected chi connectivity index (χ4v) is 2.71. The largest absolute Gasteiger partial charge is 0.481 e. The quantitative estimate of drug-likeness (QED) is 0.644. The number of aliphatic imine (C=N–C) groups is 2. The Labute approximate surface area is 137 Å². The number of hydrazine groups is 1. The van der Waals surface area contributed by atoms with Gasteiger partial charge in [0.15, 0.2) is 5.84 Å². The molecule has 2 N–H and O–H groups in total. The molecule has 0 saturated carbocycles. The van der Waals surface area contributed by atoms with Gasteiger partial charge in [0.2, 0.25) is 0 Å². The summed E-state index contributed by atoms with van der Waals surface area (Å²) in [7, 11) is 0. The number of nitro groups is 1. The Kier molecular flexibility index (Phi) is 3.76. The van der Waals surface area contributed by atoms with E-state index < -0.39 is 16.8 Å². The third kappa shape index (κ3) is 2.60. The van der Waals surface area contributed by atoms with Gasteiger partial charge in [-0.3, -0.25) is 25.3 Å². The second kappa shape index (κ2) is 5.76. The number of aryl methyl sites for hydroxylation is 1. The van der Waals surface area contributed by atoms with Crippen LogP contribution >= 0.6 is 0 Å². The minimum absolute atomic E-state index is 0.0599. The van der Waals surface area contributed by atoms with Gasteiger partial charge in [-0.05, 0) is 25.0 Å². The van der Waals surface area contributed by atoms with E-state index in [4.69, 9.17) is 0 Å². The van der Waals surface area contributed by atoms with Gasteiger partial charge in [0.05, 0.1) is 23.1 Å². The average molecular weight is 329 g/mol. The van der Waals surface area contributed by atoms with Crippen LogP contribution < -0.4 is 5.43 Å². The van der Waals surface area contributed by atoms with Crippen molar-refractivity contribution in [2.24, 2.45) is 15.9 Å². The van der Waals surface area contributed by atoms with Crippen LogP contribution in [0.15, 0.2) is 39.5 Å². The van der Waals surface area contributed by atoms with Crippen LogP contribution in [-0.4, -0.2) is 39.7 Å². The monoisotopic (exact) mass is 329 g/mol. The minimum Gasteiger partial charge on any atom is -0.481 e. The first kappa shape index (κ1) is 15.7. The second-order valence-electron chi connectivity index (χ2n) is 5.58. The molecular formula is C15H15N5O4. The van der Waals surface area contributed by atoms with Crippen LogP contribution in [0.3, 0.4) is 0 Å². The number of benzene rings is 1. The summed E-state index contributed by atoms with van der Waals surface area (Å²) in [5, 5.41) is 21.9. The van der Waals surface area contributed by atoms with Crippen molar-refractivity contribution in [2.45, 2.75) is 13.8 Å². The van der Waals surface area contributed by atoms with E-state index in [0.29, 0.717) is 22.8 Å². The average Bonchev–Trinajstić information content (AvgIpc) is 2.87. The minimum atomic E-state index is -0.915. The van der Waals surface area contributed by atoms with E-state index in [9.17, 15) is 20.0 Å². The lowest BCUT2D eigenvalue weighted by molar-refractivity contribution is -0.384. The van der Waals surface area contributed by atoms with Crippen molar-refractivity contribution in [1.82, 2.24) is 10.4 Å². The van der Waals surface area contributed by atoms with Crippen molar-refractivity contribution in [2.75, 3.05) is 6.54 Å². The van der Waals surface area contributed by atoms with Crippen LogP contribution in [0.4, 0.5) is 11.4 Å². The predicted molar refractivity (Wildman–Crippen MR) is 87.1 cm³/mol. The Morgan fingerprint density at radius 3 is 2.92 bits per heavy atom. The van der Waals surface area contributed by atoms with Gasteiger partial charge in [-0.15, -0.1) is 0 Å². The lowest BCUT2D eigenvalue weighted by Crippen LogP contribution is -2.41. The van der Waals surface area contributed by atoms with Crippen molar-refractivity contribution in [3.05, 3.63) is 45.1 Å². The molecule has 0 spiro atoms. The van der Waals surface area contributed by atoms with Crippen LogP contribution in [0.1, 0.15) is 12.5 Å². The van der Waals surface area contributed by atoms with Crippen LogP contribution in [0.5, 0.6) is 0 Å². The molecule has 2 aliphatic rings. The molecule has 2 heterocycles. The van der Waals surface area contributed by atoms with Gasteiger partial charge >= 0.3 is 5.97 Å². The van der Waals surface area contributed by atoms with Crippen LogP contribution in [-0.2, 0) is 4.79 Å². The smallest absolute Gasteiger partial charge is 0.312 e. The number of carbonyl (C=O) groups is 1. The SMILES string of the molecule is CC1=C2C(=Nc3cc([N+](=O)[O-])ccc3C)N=CNN2CC1C(=O)O. The Morgan fingerprint density at radius 2 is 2.25 bits per heavy atom. The summed E-state index contributed by atoms with van der Waals surface area (Å²) < 4.78 is 0. The lowest BCUT2D eigenvalue weighted by atomic mass is 10.0. The van der Waals surface area contributed by atoms with Gasteiger partial charge in [-0.2, -0.15) is 0 Å². The molecule has 1 aromatic rings. The highest BCUT2D eigenvalue weighted by atomic mass is 16.6. The summed E-state index contributed by atoms with van der Waals surface area (Å²) >= 11 is 0. The summed E-state index contributed by atoms with van der Waals surface area (Å²) in [5.41, 5.74) is 5.26. The zero-order valence-corrected chi connectivity index (χ0v) is 13.1. The number of nitrogens with one attached hydrogen (secondary N) is 1. The van der Waals surface area contributed by atoms with Crippen molar-refractivity contribution < 1.29 is 14.8 Å². The van der Waals surface area contributed by atoms with Gasteiger partial charge in [0.25, 0.3) is 5.69 Å². The van der Waals surface area contributed by atoms with E-state index >= 15 is 0 Å². The van der Waals surface area contributed by atoms with Crippen LogP contribution in [0, 0.1) is 23.0 Å². The number of non-ortho nitro benzene ring substituents is 1. The molecule has 9 nitrogen and oxygen atoms in total. The third-order valence-electron chi connectivity index (χ3n) is 4.07. The maximum absolute atomic E-state index is 11.3. The molecular weight excluding hydrogens is 314 g/mol. The Hall–Kier alpha value is -3.23. The first-order valence-electron chi connectivity index (χ1n) is 7.22. The predicted octanol–water partition coefficient (Wildman–Crippen LogP) is 1.77. The molecule has 2 aliphatic heterocycles. The Bertz CT molecular complexity index is 827. The summed E-state index contributed by atoms with van der Waals surface area (Å²) in [6.45, 7) is 3.80. The molecule has 0 amide bonds. The van der Waals surface area contributed by atoms with E-state index in [1.54, 1.807) is 24.9 Å². The number of fused-ring (bicyclic) bond motifs is 1. The standard InChI is InChI=1S/C15H15N5O4/c1-8-3-4-10(20(23)24)5-12(8)18-14-13-9(2)11(15(21)22)6-19(13)17-7-16-14/h3-5,7,11H,6H2,1-2H3,(H,21,22)(H,16,17,18). The number of aliphatic carboxylic acids is 1. The summed E-state index contributed by atoms with van der Waals surface area (Å²) in [4.78, 5) is 30.4.